The molecule has 4 nitrogen and oxygen atoms in total. The third-order valence-corrected chi connectivity index (χ3v) is 3.96. The van der Waals surface area contributed by atoms with Gasteiger partial charge in [-0.2, -0.15) is 0 Å². The minimum atomic E-state index is 0.0633. The van der Waals surface area contributed by atoms with E-state index in [2.05, 4.69) is 22.4 Å². The molecule has 0 aliphatic heterocycles. The molecule has 3 rings (SSSR count). The van der Waals surface area contributed by atoms with E-state index < -0.39 is 0 Å². The van der Waals surface area contributed by atoms with E-state index in [0.717, 1.165) is 29.4 Å². The van der Waals surface area contributed by atoms with Gasteiger partial charge in [0.25, 0.3) is 0 Å². The van der Waals surface area contributed by atoms with Gasteiger partial charge in [0.1, 0.15) is 0 Å². The first-order valence-electron chi connectivity index (χ1n) is 7.93. The van der Waals surface area contributed by atoms with Crippen LogP contribution < -0.4 is 5.32 Å². The third-order valence-electron chi connectivity index (χ3n) is 3.96. The number of hydrogen-bond acceptors (Lipinski definition) is 2. The molecule has 0 fully saturated rings. The van der Waals surface area contributed by atoms with Crippen LogP contribution in [0.1, 0.15) is 17.5 Å². The Morgan fingerprint density at radius 1 is 1.13 bits per heavy atom. The van der Waals surface area contributed by atoms with Crippen LogP contribution in [-0.2, 0) is 24.7 Å². The van der Waals surface area contributed by atoms with Gasteiger partial charge in [-0.05, 0) is 36.1 Å². The highest BCUT2D eigenvalue weighted by molar-refractivity contribution is 5.81. The van der Waals surface area contributed by atoms with Crippen molar-refractivity contribution in [3.05, 3.63) is 66.0 Å². The van der Waals surface area contributed by atoms with Gasteiger partial charge in [-0.25, -0.2) is 4.98 Å². The lowest BCUT2D eigenvalue weighted by Crippen LogP contribution is -2.26. The average Bonchev–Trinajstić information content (AvgIpc) is 2.93. The molecule has 0 spiro atoms. The lowest BCUT2D eigenvalue weighted by atomic mass is 10.1. The number of nitrogens with one attached hydrogen (secondary N) is 1. The van der Waals surface area contributed by atoms with Crippen LogP contribution in [0.25, 0.3) is 11.0 Å². The number of fused-ring (bicyclic) bond motifs is 1. The average molecular weight is 307 g/mol. The Balaban J connectivity index is 1.46. The number of aryl methyl sites for hydroxylation is 2. The highest BCUT2D eigenvalue weighted by Gasteiger charge is 2.06. The van der Waals surface area contributed by atoms with E-state index in [1.807, 2.05) is 48.0 Å². The Hall–Kier alpha value is -2.62. The second-order valence-corrected chi connectivity index (χ2v) is 5.79. The fourth-order valence-electron chi connectivity index (χ4n) is 2.70. The van der Waals surface area contributed by atoms with Crippen molar-refractivity contribution in [2.24, 2.45) is 7.05 Å². The molecule has 0 aliphatic rings. The number of rotatable bonds is 6. The van der Waals surface area contributed by atoms with Gasteiger partial charge in [-0.3, -0.25) is 4.79 Å². The van der Waals surface area contributed by atoms with Crippen molar-refractivity contribution in [3.63, 3.8) is 0 Å². The molecule has 1 amide bonds. The quantitative estimate of drug-likeness (QED) is 0.712. The number of amides is 1. The van der Waals surface area contributed by atoms with Crippen LogP contribution in [0.4, 0.5) is 0 Å². The molecule has 0 unspecified atom stereocenters. The first kappa shape index (κ1) is 15.3. The Labute approximate surface area is 136 Å². The normalized spacial score (nSPS) is 10.8. The molecular formula is C19H21N3O. The van der Waals surface area contributed by atoms with Crippen LogP contribution in [0.5, 0.6) is 0 Å². The Kier molecular flexibility index (Phi) is 4.71. The molecule has 118 valence electrons. The van der Waals surface area contributed by atoms with Crippen LogP contribution >= 0.6 is 0 Å². The van der Waals surface area contributed by atoms with Gasteiger partial charge in [-0.1, -0.05) is 36.4 Å². The zero-order chi connectivity index (χ0) is 16.1. The summed E-state index contributed by atoms with van der Waals surface area (Å²) < 4.78 is 1.97. The molecule has 3 aromatic rings. The zero-order valence-corrected chi connectivity index (χ0v) is 13.3. The third kappa shape index (κ3) is 3.97. The topological polar surface area (TPSA) is 46.9 Å². The number of nitrogens with zero attached hydrogens (tertiary/aromatic N) is 2. The van der Waals surface area contributed by atoms with Gasteiger partial charge < -0.3 is 9.88 Å². The van der Waals surface area contributed by atoms with E-state index in [-0.39, 0.29) is 5.91 Å². The minimum absolute atomic E-state index is 0.0633. The summed E-state index contributed by atoms with van der Waals surface area (Å²) in [4.78, 5) is 16.4. The highest BCUT2D eigenvalue weighted by atomic mass is 16.1. The number of imidazole rings is 1. The number of carbonyl (C=O) groups is 1. The van der Waals surface area contributed by atoms with E-state index in [1.54, 1.807) is 6.33 Å². The zero-order valence-electron chi connectivity index (χ0n) is 13.3. The molecule has 1 N–H and O–H groups in total. The molecule has 0 atom stereocenters. The SMILES string of the molecule is Cn1cnc2cc(CC(=O)NCCCc3ccccc3)ccc21. The first-order chi connectivity index (χ1) is 11.2. The predicted octanol–water partition coefficient (Wildman–Crippen LogP) is 2.86. The molecule has 0 aliphatic carbocycles. The molecule has 1 heterocycles. The maximum absolute atomic E-state index is 12.0. The van der Waals surface area contributed by atoms with Crippen molar-refractivity contribution in [3.8, 4) is 0 Å². The molecule has 4 heteroatoms. The Morgan fingerprint density at radius 3 is 2.78 bits per heavy atom. The van der Waals surface area contributed by atoms with Crippen molar-refractivity contribution in [2.75, 3.05) is 6.54 Å². The largest absolute Gasteiger partial charge is 0.356 e. The monoisotopic (exact) mass is 307 g/mol. The van der Waals surface area contributed by atoms with Gasteiger partial charge in [-0.15, -0.1) is 0 Å². The van der Waals surface area contributed by atoms with Crippen molar-refractivity contribution in [1.29, 1.82) is 0 Å². The van der Waals surface area contributed by atoms with Crippen molar-refractivity contribution in [1.82, 2.24) is 14.9 Å². The van der Waals surface area contributed by atoms with Gasteiger partial charge >= 0.3 is 0 Å². The minimum Gasteiger partial charge on any atom is -0.356 e. The summed E-state index contributed by atoms with van der Waals surface area (Å²) in [6.45, 7) is 0.708. The fraction of sp³-hybridized carbons (Fsp3) is 0.263. The highest BCUT2D eigenvalue weighted by Crippen LogP contribution is 2.14. The van der Waals surface area contributed by atoms with Crippen LogP contribution in [0.15, 0.2) is 54.9 Å². The molecular weight excluding hydrogens is 286 g/mol. The van der Waals surface area contributed by atoms with E-state index in [4.69, 9.17) is 0 Å². The van der Waals surface area contributed by atoms with Gasteiger partial charge in [0.05, 0.1) is 23.8 Å². The summed E-state index contributed by atoms with van der Waals surface area (Å²) >= 11 is 0. The van der Waals surface area contributed by atoms with Crippen molar-refractivity contribution in [2.45, 2.75) is 19.3 Å². The lowest BCUT2D eigenvalue weighted by Gasteiger charge is -2.06. The maximum atomic E-state index is 12.0. The smallest absolute Gasteiger partial charge is 0.224 e. The lowest BCUT2D eigenvalue weighted by molar-refractivity contribution is -0.120. The number of carbonyl (C=O) groups excluding carboxylic acids is 1. The molecule has 0 bridgehead atoms. The van der Waals surface area contributed by atoms with Crippen molar-refractivity contribution < 1.29 is 4.79 Å². The first-order valence-corrected chi connectivity index (χ1v) is 7.93. The number of benzene rings is 2. The van der Waals surface area contributed by atoms with Gasteiger partial charge in [0.15, 0.2) is 0 Å². The Morgan fingerprint density at radius 2 is 1.96 bits per heavy atom. The second kappa shape index (κ2) is 7.09. The molecule has 1 aromatic heterocycles. The van der Waals surface area contributed by atoms with E-state index in [1.165, 1.54) is 5.56 Å². The van der Waals surface area contributed by atoms with Gasteiger partial charge in [0.2, 0.25) is 5.91 Å². The summed E-state index contributed by atoms with van der Waals surface area (Å²) in [7, 11) is 1.97. The van der Waals surface area contributed by atoms with Crippen LogP contribution in [0, 0.1) is 0 Å². The summed E-state index contributed by atoms with van der Waals surface area (Å²) in [6.07, 6.45) is 4.13. The summed E-state index contributed by atoms with van der Waals surface area (Å²) in [6, 6.07) is 16.3. The van der Waals surface area contributed by atoms with Crippen molar-refractivity contribution >= 4 is 16.9 Å². The second-order valence-electron chi connectivity index (χ2n) is 5.79. The standard InChI is InChI=1S/C19H21N3O/c1-22-14-21-17-12-16(9-10-18(17)22)13-19(23)20-11-5-8-15-6-3-2-4-7-15/h2-4,6-7,9-10,12,14H,5,8,11,13H2,1H3,(H,20,23). The molecule has 23 heavy (non-hydrogen) atoms. The maximum Gasteiger partial charge on any atom is 0.224 e. The van der Waals surface area contributed by atoms with E-state index in [0.29, 0.717) is 13.0 Å². The molecule has 0 saturated carbocycles. The summed E-state index contributed by atoms with van der Waals surface area (Å²) in [5.74, 6) is 0.0633. The molecule has 0 radical (unpaired) electrons. The summed E-state index contributed by atoms with van der Waals surface area (Å²) in [5, 5.41) is 2.99. The summed E-state index contributed by atoms with van der Waals surface area (Å²) in [5.41, 5.74) is 4.32. The van der Waals surface area contributed by atoms with E-state index >= 15 is 0 Å². The number of aromatic nitrogens is 2. The Bertz CT molecular complexity index is 793. The molecule has 2 aromatic carbocycles. The van der Waals surface area contributed by atoms with Crippen LogP contribution in [-0.4, -0.2) is 22.0 Å². The van der Waals surface area contributed by atoms with Crippen LogP contribution in [0.2, 0.25) is 0 Å². The van der Waals surface area contributed by atoms with Crippen LogP contribution in [0.3, 0.4) is 0 Å². The predicted molar refractivity (Wildman–Crippen MR) is 92.2 cm³/mol. The van der Waals surface area contributed by atoms with E-state index in [9.17, 15) is 4.79 Å². The number of hydrogen-bond donors (Lipinski definition) is 1. The fourth-order valence-corrected chi connectivity index (χ4v) is 2.70. The molecule has 0 saturated heterocycles. The van der Waals surface area contributed by atoms with Gasteiger partial charge in [0, 0.05) is 13.6 Å².